The lowest BCUT2D eigenvalue weighted by Crippen LogP contribution is -2.56. The number of carbonyl (C=O) groups is 4. The molecule has 1 aliphatic heterocycles. The fraction of sp³-hybridized carbons (Fsp3) is 0.280. The van der Waals surface area contributed by atoms with Crippen LogP contribution in [0.3, 0.4) is 0 Å². The molecule has 1 saturated carbocycles. The molecule has 2 aromatic rings. The van der Waals surface area contributed by atoms with Crippen molar-refractivity contribution in [3.8, 4) is 0 Å². The van der Waals surface area contributed by atoms with Crippen molar-refractivity contribution in [2.24, 2.45) is 23.7 Å². The summed E-state index contributed by atoms with van der Waals surface area (Å²) in [5.74, 6) is -3.39. The molecule has 1 heterocycles. The summed E-state index contributed by atoms with van der Waals surface area (Å²) < 4.78 is 0. The van der Waals surface area contributed by atoms with Crippen molar-refractivity contribution in [1.82, 2.24) is 10.0 Å². The highest BCUT2D eigenvalue weighted by molar-refractivity contribution is 6.11. The molecule has 1 saturated heterocycles. The van der Waals surface area contributed by atoms with Gasteiger partial charge in [-0.3, -0.25) is 29.3 Å². The number of nitro groups is 1. The van der Waals surface area contributed by atoms with Crippen LogP contribution < -0.4 is 0 Å². The van der Waals surface area contributed by atoms with E-state index < -0.39 is 46.3 Å². The molecule has 2 aromatic carbocycles. The number of hydrogen-bond donors (Lipinski definition) is 0. The van der Waals surface area contributed by atoms with Crippen molar-refractivity contribution < 1.29 is 24.1 Å². The molecular formula is C25H21N3O6. The lowest BCUT2D eigenvalue weighted by molar-refractivity contribution is -0.384. The quantitative estimate of drug-likeness (QED) is 0.215. The monoisotopic (exact) mass is 459 g/mol. The van der Waals surface area contributed by atoms with Crippen LogP contribution in [0.15, 0.2) is 66.7 Å². The number of carbonyl (C=O) groups excluding carboxylic acids is 4. The first-order valence-electron chi connectivity index (χ1n) is 11.0. The Bertz CT molecular complexity index is 1210. The van der Waals surface area contributed by atoms with Gasteiger partial charge in [-0.1, -0.05) is 42.5 Å². The summed E-state index contributed by atoms with van der Waals surface area (Å²) in [6.45, 7) is 1.47. The number of benzene rings is 2. The maximum absolute atomic E-state index is 13.6. The van der Waals surface area contributed by atoms with E-state index in [-0.39, 0.29) is 23.1 Å². The zero-order valence-corrected chi connectivity index (χ0v) is 18.2. The Morgan fingerprint density at radius 1 is 0.941 bits per heavy atom. The van der Waals surface area contributed by atoms with E-state index >= 15 is 0 Å². The van der Waals surface area contributed by atoms with Crippen molar-refractivity contribution in [3.05, 3.63) is 88.0 Å². The van der Waals surface area contributed by atoms with Gasteiger partial charge >= 0.3 is 0 Å². The number of nitro benzene ring substituents is 1. The standard InChI is InChI=1S/C25H21N3O6/c1-14(22(29)15-5-3-2-4-6-15)26(23(30)16-9-11-19(12-10-16)28(33)34)27-24(31)20-17-7-8-18(13-17)21(20)25(27)32/h2-12,14,17-18,20-21H,13H2,1H3/t14-,17+,18+,20-,21-/m1/s1. The molecule has 34 heavy (non-hydrogen) atoms. The Labute approximate surface area is 194 Å². The summed E-state index contributed by atoms with van der Waals surface area (Å²) in [6.07, 6.45) is 4.62. The number of hydrogen-bond acceptors (Lipinski definition) is 6. The van der Waals surface area contributed by atoms with E-state index in [1.54, 1.807) is 30.3 Å². The summed E-state index contributed by atoms with van der Waals surface area (Å²) in [6, 6.07) is 12.0. The van der Waals surface area contributed by atoms with Crippen LogP contribution >= 0.6 is 0 Å². The zero-order valence-electron chi connectivity index (χ0n) is 18.2. The van der Waals surface area contributed by atoms with E-state index in [1.807, 2.05) is 12.2 Å². The first-order valence-corrected chi connectivity index (χ1v) is 11.0. The zero-order chi connectivity index (χ0) is 24.1. The number of fused-ring (bicyclic) bond motifs is 5. The van der Waals surface area contributed by atoms with Crippen LogP contribution in [0.5, 0.6) is 0 Å². The van der Waals surface area contributed by atoms with E-state index in [0.29, 0.717) is 5.56 Å². The molecule has 0 unspecified atom stereocenters. The predicted octanol–water partition coefficient (Wildman–Crippen LogP) is 3.03. The summed E-state index contributed by atoms with van der Waals surface area (Å²) in [5.41, 5.74) is 0.150. The molecule has 0 spiro atoms. The smallest absolute Gasteiger partial charge is 0.273 e. The second-order valence-corrected chi connectivity index (χ2v) is 8.85. The van der Waals surface area contributed by atoms with Gasteiger partial charge in [0.2, 0.25) is 0 Å². The highest BCUT2D eigenvalue weighted by atomic mass is 16.6. The van der Waals surface area contributed by atoms with Crippen LogP contribution in [0.2, 0.25) is 0 Å². The summed E-state index contributed by atoms with van der Waals surface area (Å²) in [4.78, 5) is 64.2. The molecule has 2 fully saturated rings. The van der Waals surface area contributed by atoms with Gasteiger partial charge in [0.05, 0.1) is 16.8 Å². The minimum absolute atomic E-state index is 0.0251. The third-order valence-electron chi connectivity index (χ3n) is 7.00. The number of ketones is 1. The second-order valence-electron chi connectivity index (χ2n) is 8.85. The molecule has 5 atom stereocenters. The Kier molecular flexibility index (Phi) is 5.11. The third-order valence-corrected chi connectivity index (χ3v) is 7.00. The first-order chi connectivity index (χ1) is 16.3. The Balaban J connectivity index is 1.54. The number of rotatable bonds is 6. The van der Waals surface area contributed by atoms with Crippen molar-refractivity contribution in [2.75, 3.05) is 0 Å². The molecule has 5 rings (SSSR count). The number of hydrazine groups is 1. The van der Waals surface area contributed by atoms with Gasteiger partial charge in [0.1, 0.15) is 6.04 Å². The van der Waals surface area contributed by atoms with Crippen molar-refractivity contribution in [3.63, 3.8) is 0 Å². The van der Waals surface area contributed by atoms with Gasteiger partial charge in [-0.05, 0) is 37.3 Å². The molecule has 9 nitrogen and oxygen atoms in total. The number of nitrogens with zero attached hydrogens (tertiary/aromatic N) is 3. The Morgan fingerprint density at radius 3 is 2.03 bits per heavy atom. The normalized spacial score (nSPS) is 25.4. The first kappa shape index (κ1) is 21.7. The van der Waals surface area contributed by atoms with Gasteiger partial charge in [-0.2, -0.15) is 5.01 Å². The average Bonchev–Trinajstić information content (AvgIpc) is 3.54. The van der Waals surface area contributed by atoms with Gasteiger partial charge in [0, 0.05) is 23.3 Å². The summed E-state index contributed by atoms with van der Waals surface area (Å²) in [5, 5.41) is 12.8. The van der Waals surface area contributed by atoms with Crippen LogP contribution in [0.4, 0.5) is 5.69 Å². The molecule has 0 aromatic heterocycles. The van der Waals surface area contributed by atoms with Crippen LogP contribution in [-0.4, -0.2) is 44.5 Å². The van der Waals surface area contributed by atoms with Gasteiger partial charge in [0.25, 0.3) is 23.4 Å². The number of imide groups is 1. The van der Waals surface area contributed by atoms with Crippen LogP contribution in [0, 0.1) is 33.8 Å². The molecule has 9 heteroatoms. The number of allylic oxidation sites excluding steroid dienone is 2. The minimum Gasteiger partial charge on any atom is -0.292 e. The van der Waals surface area contributed by atoms with E-state index in [2.05, 4.69) is 0 Å². The topological polar surface area (TPSA) is 118 Å². The van der Waals surface area contributed by atoms with Crippen molar-refractivity contribution in [1.29, 1.82) is 0 Å². The molecule has 2 bridgehead atoms. The van der Waals surface area contributed by atoms with E-state index in [4.69, 9.17) is 0 Å². The number of non-ortho nitro benzene ring substituents is 1. The van der Waals surface area contributed by atoms with Crippen LogP contribution in [-0.2, 0) is 9.59 Å². The third kappa shape index (κ3) is 3.23. The molecular weight excluding hydrogens is 438 g/mol. The maximum Gasteiger partial charge on any atom is 0.273 e. The molecule has 3 amide bonds. The largest absolute Gasteiger partial charge is 0.292 e. The van der Waals surface area contributed by atoms with E-state index in [0.717, 1.165) is 16.4 Å². The second kappa shape index (κ2) is 8.02. The minimum atomic E-state index is -1.16. The highest BCUT2D eigenvalue weighted by Gasteiger charge is 2.61. The van der Waals surface area contributed by atoms with E-state index in [9.17, 15) is 29.3 Å². The van der Waals surface area contributed by atoms with Gasteiger partial charge in [-0.25, -0.2) is 5.01 Å². The fourth-order valence-electron chi connectivity index (χ4n) is 5.35. The van der Waals surface area contributed by atoms with Crippen molar-refractivity contribution in [2.45, 2.75) is 19.4 Å². The van der Waals surface area contributed by atoms with Gasteiger partial charge in [-0.15, -0.1) is 0 Å². The van der Waals surface area contributed by atoms with E-state index in [1.165, 1.54) is 31.2 Å². The van der Waals surface area contributed by atoms with Crippen LogP contribution in [0.1, 0.15) is 34.1 Å². The predicted molar refractivity (Wildman–Crippen MR) is 119 cm³/mol. The molecule has 3 aliphatic rings. The molecule has 172 valence electrons. The Morgan fingerprint density at radius 2 is 1.50 bits per heavy atom. The number of Topliss-reactive ketones (excluding diaryl/α,β-unsaturated/α-hetero) is 1. The SMILES string of the molecule is C[C@H](C(=O)c1ccccc1)N(C(=O)c1ccc([N+](=O)[O-])cc1)N1C(=O)[C@H]2[C@H](C1=O)[C@H]1C=C[C@H]2C1. The molecule has 2 aliphatic carbocycles. The highest BCUT2D eigenvalue weighted by Crippen LogP contribution is 2.53. The van der Waals surface area contributed by atoms with Crippen molar-refractivity contribution >= 4 is 29.2 Å². The fourth-order valence-corrected chi connectivity index (χ4v) is 5.35. The lowest BCUT2D eigenvalue weighted by Gasteiger charge is -2.35. The molecule has 0 N–H and O–H groups in total. The van der Waals surface area contributed by atoms with Gasteiger partial charge in [0.15, 0.2) is 5.78 Å². The van der Waals surface area contributed by atoms with Gasteiger partial charge < -0.3 is 0 Å². The lowest BCUT2D eigenvalue weighted by atomic mass is 9.85. The Hall–Kier alpha value is -4.14. The molecule has 0 radical (unpaired) electrons. The summed E-state index contributed by atoms with van der Waals surface area (Å²) >= 11 is 0. The maximum atomic E-state index is 13.6. The van der Waals surface area contributed by atoms with Crippen LogP contribution in [0.25, 0.3) is 0 Å². The average molecular weight is 459 g/mol. The number of amides is 3. The summed E-state index contributed by atoms with van der Waals surface area (Å²) in [7, 11) is 0.